The molecule has 0 N–H and O–H groups in total. The predicted octanol–water partition coefficient (Wildman–Crippen LogP) is 4.66. The van der Waals surface area contributed by atoms with Crippen LogP contribution in [0.5, 0.6) is 0 Å². The minimum atomic E-state index is -0.428. The van der Waals surface area contributed by atoms with E-state index in [0.29, 0.717) is 11.4 Å². The van der Waals surface area contributed by atoms with Crippen molar-refractivity contribution in [1.29, 1.82) is 0 Å². The third kappa shape index (κ3) is 3.40. The number of thiophene rings is 1. The van der Waals surface area contributed by atoms with Gasteiger partial charge in [0.15, 0.2) is 0 Å². The minimum absolute atomic E-state index is 0.0288. The van der Waals surface area contributed by atoms with Crippen LogP contribution in [0.3, 0.4) is 0 Å². The third-order valence-electron chi connectivity index (χ3n) is 2.44. The highest BCUT2D eigenvalue weighted by atomic mass is 79.9. The van der Waals surface area contributed by atoms with Crippen molar-refractivity contribution in [2.24, 2.45) is 0 Å². The van der Waals surface area contributed by atoms with Crippen LogP contribution in [0.1, 0.15) is 10.4 Å². The first-order valence-corrected chi connectivity index (χ1v) is 7.24. The van der Waals surface area contributed by atoms with Gasteiger partial charge in [-0.3, -0.25) is 4.79 Å². The van der Waals surface area contributed by atoms with Gasteiger partial charge in [0.1, 0.15) is 11.6 Å². The van der Waals surface area contributed by atoms with E-state index in [-0.39, 0.29) is 17.8 Å². The molecule has 0 unspecified atom stereocenters. The third-order valence-corrected chi connectivity index (χ3v) is 4.41. The lowest BCUT2D eigenvalue weighted by Gasteiger charge is -2.04. The van der Waals surface area contributed by atoms with Gasteiger partial charge in [0.25, 0.3) is 0 Å². The van der Waals surface area contributed by atoms with Crippen molar-refractivity contribution in [1.82, 2.24) is 0 Å². The Bertz CT molecular complexity index is 562. The van der Waals surface area contributed by atoms with Gasteiger partial charge in [-0.15, -0.1) is 11.3 Å². The Labute approximate surface area is 122 Å². The summed E-state index contributed by atoms with van der Waals surface area (Å²) in [4.78, 5) is 12.8. The molecular formula is C13H9BrClFOS. The summed E-state index contributed by atoms with van der Waals surface area (Å²) < 4.78 is 14.5. The molecule has 94 valence electrons. The van der Waals surface area contributed by atoms with E-state index in [1.54, 1.807) is 6.07 Å². The molecule has 0 saturated carbocycles. The van der Waals surface area contributed by atoms with Gasteiger partial charge in [0, 0.05) is 28.3 Å². The van der Waals surface area contributed by atoms with E-state index in [0.717, 1.165) is 8.66 Å². The fourth-order valence-electron chi connectivity index (χ4n) is 1.60. The van der Waals surface area contributed by atoms with E-state index in [2.05, 4.69) is 15.9 Å². The van der Waals surface area contributed by atoms with E-state index < -0.39 is 5.82 Å². The smallest absolute Gasteiger partial charge is 0.142 e. The van der Waals surface area contributed by atoms with E-state index in [4.69, 9.17) is 11.6 Å². The molecule has 0 radical (unpaired) electrons. The van der Waals surface area contributed by atoms with Gasteiger partial charge in [-0.2, -0.15) is 0 Å². The van der Waals surface area contributed by atoms with E-state index in [1.165, 1.54) is 23.5 Å². The van der Waals surface area contributed by atoms with Crippen LogP contribution in [-0.4, -0.2) is 5.78 Å². The maximum Gasteiger partial charge on any atom is 0.142 e. The van der Waals surface area contributed by atoms with Crippen molar-refractivity contribution in [3.05, 3.63) is 55.4 Å². The van der Waals surface area contributed by atoms with Crippen molar-refractivity contribution in [2.75, 3.05) is 0 Å². The van der Waals surface area contributed by atoms with E-state index in [9.17, 15) is 9.18 Å². The van der Waals surface area contributed by atoms with Crippen LogP contribution < -0.4 is 0 Å². The molecule has 18 heavy (non-hydrogen) atoms. The highest BCUT2D eigenvalue weighted by molar-refractivity contribution is 9.11. The van der Waals surface area contributed by atoms with Gasteiger partial charge >= 0.3 is 0 Å². The van der Waals surface area contributed by atoms with E-state index >= 15 is 0 Å². The number of hydrogen-bond acceptors (Lipinski definition) is 2. The van der Waals surface area contributed by atoms with Gasteiger partial charge in [0.05, 0.1) is 3.79 Å². The van der Waals surface area contributed by atoms with Gasteiger partial charge in [-0.05, 0) is 40.2 Å². The second kappa shape index (κ2) is 5.95. The van der Waals surface area contributed by atoms with Gasteiger partial charge in [-0.1, -0.05) is 17.7 Å². The number of ketones is 1. The van der Waals surface area contributed by atoms with Crippen molar-refractivity contribution in [3.63, 3.8) is 0 Å². The standard InChI is InChI=1S/C13H9BrClFOS/c14-13-5-4-9(18-13)6-8(17)7-10-11(15)2-1-3-12(10)16/h1-5H,6-7H2. The van der Waals surface area contributed by atoms with Crippen LogP contribution in [0.2, 0.25) is 5.02 Å². The first-order valence-electron chi connectivity index (χ1n) is 5.25. The lowest BCUT2D eigenvalue weighted by atomic mass is 10.1. The molecular weight excluding hydrogens is 339 g/mol. The second-order valence-electron chi connectivity index (χ2n) is 3.80. The molecule has 0 amide bonds. The average molecular weight is 348 g/mol. The first kappa shape index (κ1) is 13.7. The number of carbonyl (C=O) groups is 1. The fraction of sp³-hybridized carbons (Fsp3) is 0.154. The fourth-order valence-corrected chi connectivity index (χ4v) is 3.34. The largest absolute Gasteiger partial charge is 0.299 e. The maximum absolute atomic E-state index is 13.5. The minimum Gasteiger partial charge on any atom is -0.299 e. The second-order valence-corrected chi connectivity index (χ2v) is 6.75. The molecule has 0 bridgehead atoms. The molecule has 0 spiro atoms. The number of halogens is 3. The molecule has 5 heteroatoms. The zero-order valence-corrected chi connectivity index (χ0v) is 12.4. The molecule has 2 rings (SSSR count). The average Bonchev–Trinajstić information content (AvgIpc) is 2.69. The quantitative estimate of drug-likeness (QED) is 0.786. The molecule has 0 aliphatic carbocycles. The van der Waals surface area contributed by atoms with Crippen molar-refractivity contribution in [3.8, 4) is 0 Å². The normalized spacial score (nSPS) is 10.6. The molecule has 1 heterocycles. The Balaban J connectivity index is 2.08. The van der Waals surface area contributed by atoms with Crippen molar-refractivity contribution < 1.29 is 9.18 Å². The Morgan fingerprint density at radius 3 is 2.67 bits per heavy atom. The summed E-state index contributed by atoms with van der Waals surface area (Å²) in [5.41, 5.74) is 0.278. The van der Waals surface area contributed by atoms with Crippen molar-refractivity contribution >= 4 is 44.7 Å². The highest BCUT2D eigenvalue weighted by Gasteiger charge is 2.13. The Morgan fingerprint density at radius 1 is 1.28 bits per heavy atom. The molecule has 0 saturated heterocycles. The molecule has 1 aromatic heterocycles. The van der Waals surface area contributed by atoms with Gasteiger partial charge < -0.3 is 0 Å². The molecule has 0 aliphatic heterocycles. The lowest BCUT2D eigenvalue weighted by Crippen LogP contribution is -2.07. The number of rotatable bonds is 4. The zero-order valence-electron chi connectivity index (χ0n) is 9.25. The summed E-state index contributed by atoms with van der Waals surface area (Å²) in [6.07, 6.45) is 0.335. The summed E-state index contributed by atoms with van der Waals surface area (Å²) in [6.45, 7) is 0. The molecule has 0 fully saturated rings. The van der Waals surface area contributed by atoms with Crippen molar-refractivity contribution in [2.45, 2.75) is 12.8 Å². The number of carbonyl (C=O) groups excluding carboxylic acids is 1. The number of benzene rings is 1. The van der Waals surface area contributed by atoms with Crippen LogP contribution in [0.25, 0.3) is 0 Å². The van der Waals surface area contributed by atoms with Gasteiger partial charge in [-0.25, -0.2) is 4.39 Å². The maximum atomic E-state index is 13.5. The van der Waals surface area contributed by atoms with Crippen LogP contribution in [0.4, 0.5) is 4.39 Å². The van der Waals surface area contributed by atoms with Gasteiger partial charge in [0.2, 0.25) is 0 Å². The predicted molar refractivity (Wildman–Crippen MR) is 75.8 cm³/mol. The molecule has 2 aromatic rings. The number of hydrogen-bond donors (Lipinski definition) is 0. The van der Waals surface area contributed by atoms with Crippen LogP contribution in [0, 0.1) is 5.82 Å². The SMILES string of the molecule is O=C(Cc1ccc(Br)s1)Cc1c(F)cccc1Cl. The summed E-state index contributed by atoms with van der Waals surface area (Å²) in [5, 5.41) is 0.302. The summed E-state index contributed by atoms with van der Waals surface area (Å²) in [7, 11) is 0. The Hall–Kier alpha value is -0.710. The monoisotopic (exact) mass is 346 g/mol. The first-order chi connectivity index (χ1) is 8.56. The lowest BCUT2D eigenvalue weighted by molar-refractivity contribution is -0.117. The van der Waals surface area contributed by atoms with E-state index in [1.807, 2.05) is 12.1 Å². The summed E-state index contributed by atoms with van der Waals surface area (Å²) in [5.74, 6) is -0.473. The molecule has 0 aliphatic rings. The molecule has 1 aromatic carbocycles. The Morgan fingerprint density at radius 2 is 2.06 bits per heavy atom. The highest BCUT2D eigenvalue weighted by Crippen LogP contribution is 2.24. The number of Topliss-reactive ketones (excluding diaryl/α,β-unsaturated/α-hetero) is 1. The van der Waals surface area contributed by atoms with Crippen LogP contribution >= 0.6 is 38.9 Å². The zero-order chi connectivity index (χ0) is 13.1. The molecule has 1 nitrogen and oxygen atoms in total. The van der Waals surface area contributed by atoms with Crippen LogP contribution in [0.15, 0.2) is 34.1 Å². The van der Waals surface area contributed by atoms with Crippen LogP contribution in [-0.2, 0) is 17.6 Å². The summed E-state index contributed by atoms with van der Waals surface area (Å²) >= 11 is 10.7. The Kier molecular flexibility index (Phi) is 4.54. The molecule has 0 atom stereocenters. The summed E-state index contributed by atoms with van der Waals surface area (Å²) in [6, 6.07) is 8.21. The topological polar surface area (TPSA) is 17.1 Å².